The van der Waals surface area contributed by atoms with Crippen LogP contribution in [0.25, 0.3) is 0 Å². The molecule has 0 heterocycles. The van der Waals surface area contributed by atoms with E-state index in [1.54, 1.807) is 0 Å². The van der Waals surface area contributed by atoms with Gasteiger partial charge in [-0.3, -0.25) is 9.36 Å². The number of unbranched alkanes of at least 4 members (excludes halogenated alkanes) is 40. The quantitative estimate of drug-likeness (QED) is 0.0357. The molecule has 0 fully saturated rings. The van der Waals surface area contributed by atoms with Gasteiger partial charge >= 0.3 is 0 Å². The Hall–Kier alpha value is -0.500. The molecular weight excluding hydrogens is 816 g/mol. The molecule has 0 saturated heterocycles. The number of carbonyl (C=O) groups is 1. The number of rotatable bonds is 53. The number of aliphatic hydroxyl groups is 1. The van der Waals surface area contributed by atoms with Crippen LogP contribution in [0.4, 0.5) is 0 Å². The summed E-state index contributed by atoms with van der Waals surface area (Å²) in [7, 11) is 1.32. The predicted octanol–water partition coefficient (Wildman–Crippen LogP) is 16.2. The maximum atomic E-state index is 12.8. The molecule has 0 rings (SSSR count). The molecule has 1 amide bonds. The Morgan fingerprint density at radius 1 is 0.484 bits per heavy atom. The van der Waals surface area contributed by atoms with E-state index in [0.29, 0.717) is 23.9 Å². The fourth-order valence-corrected chi connectivity index (χ4v) is 9.59. The predicted molar refractivity (Wildman–Crippen MR) is 275 cm³/mol. The lowest BCUT2D eigenvalue weighted by molar-refractivity contribution is -0.870. The van der Waals surface area contributed by atoms with Gasteiger partial charge in [-0.15, -0.1) is 0 Å². The summed E-state index contributed by atoms with van der Waals surface area (Å²) in [5, 5.41) is 13.8. The fourth-order valence-electron chi connectivity index (χ4n) is 8.87. The van der Waals surface area contributed by atoms with E-state index in [-0.39, 0.29) is 19.1 Å². The highest BCUT2D eigenvalue weighted by Gasteiger charge is 2.24. The summed E-state index contributed by atoms with van der Waals surface area (Å²) >= 11 is 0. The molecular formula is C55H113N2O6P. The van der Waals surface area contributed by atoms with Gasteiger partial charge in [0.25, 0.3) is 7.82 Å². The third kappa shape index (κ3) is 49.4. The van der Waals surface area contributed by atoms with Gasteiger partial charge in [-0.25, -0.2) is 0 Å². The highest BCUT2D eigenvalue weighted by molar-refractivity contribution is 7.45. The van der Waals surface area contributed by atoms with E-state index in [4.69, 9.17) is 9.05 Å². The Kier molecular flexibility index (Phi) is 47.2. The van der Waals surface area contributed by atoms with Crippen LogP contribution < -0.4 is 10.2 Å². The van der Waals surface area contributed by atoms with Gasteiger partial charge in [0.15, 0.2) is 0 Å². The topological polar surface area (TPSA) is 108 Å². The van der Waals surface area contributed by atoms with E-state index >= 15 is 0 Å². The molecule has 3 atom stereocenters. The minimum atomic E-state index is -4.55. The fraction of sp³-hybridized carbons (Fsp3) is 0.982. The monoisotopic (exact) mass is 929 g/mol. The van der Waals surface area contributed by atoms with Crippen molar-refractivity contribution >= 4 is 13.7 Å². The number of nitrogens with zero attached hydrogens (tertiary/aromatic N) is 1. The Labute approximate surface area is 399 Å². The zero-order valence-corrected chi connectivity index (χ0v) is 44.7. The van der Waals surface area contributed by atoms with Crippen LogP contribution in [-0.2, 0) is 18.4 Å². The van der Waals surface area contributed by atoms with Crippen molar-refractivity contribution in [3.63, 3.8) is 0 Å². The molecule has 0 aromatic rings. The largest absolute Gasteiger partial charge is 0.756 e. The number of amides is 1. The average Bonchev–Trinajstić information content (AvgIpc) is 3.25. The number of hydrogen-bond donors (Lipinski definition) is 2. The van der Waals surface area contributed by atoms with Crippen molar-refractivity contribution in [2.24, 2.45) is 0 Å². The van der Waals surface area contributed by atoms with Crippen molar-refractivity contribution in [2.75, 3.05) is 40.9 Å². The van der Waals surface area contributed by atoms with Crippen LogP contribution in [0.15, 0.2) is 0 Å². The molecule has 0 aromatic carbocycles. The number of hydrogen-bond acceptors (Lipinski definition) is 6. The van der Waals surface area contributed by atoms with E-state index in [1.807, 2.05) is 21.1 Å². The lowest BCUT2D eigenvalue weighted by atomic mass is 10.0. The van der Waals surface area contributed by atoms with E-state index in [9.17, 15) is 19.4 Å². The Bertz CT molecular complexity index is 1010. The van der Waals surface area contributed by atoms with Crippen LogP contribution in [0.3, 0.4) is 0 Å². The molecule has 2 N–H and O–H groups in total. The zero-order chi connectivity index (χ0) is 47.1. The second kappa shape index (κ2) is 47.6. The maximum Gasteiger partial charge on any atom is 0.268 e. The normalized spacial score (nSPS) is 13.9. The van der Waals surface area contributed by atoms with Crippen LogP contribution in [0, 0.1) is 0 Å². The highest BCUT2D eigenvalue weighted by atomic mass is 31.2. The molecule has 0 spiro atoms. The molecule has 0 bridgehead atoms. The highest BCUT2D eigenvalue weighted by Crippen LogP contribution is 2.38. The van der Waals surface area contributed by atoms with Gasteiger partial charge in [-0.05, 0) is 12.8 Å². The first-order valence-electron chi connectivity index (χ1n) is 28.4. The first-order chi connectivity index (χ1) is 31.0. The number of quaternary nitrogens is 1. The molecule has 0 radical (unpaired) electrons. The van der Waals surface area contributed by atoms with Gasteiger partial charge in [0.1, 0.15) is 13.2 Å². The number of phosphoric ester groups is 1. The molecule has 8 nitrogen and oxygen atoms in total. The van der Waals surface area contributed by atoms with Crippen LogP contribution in [0.5, 0.6) is 0 Å². The smallest absolute Gasteiger partial charge is 0.268 e. The minimum Gasteiger partial charge on any atom is -0.756 e. The average molecular weight is 929 g/mol. The van der Waals surface area contributed by atoms with Crippen LogP contribution in [0.2, 0.25) is 0 Å². The Morgan fingerprint density at radius 2 is 0.766 bits per heavy atom. The van der Waals surface area contributed by atoms with Crippen molar-refractivity contribution in [3.8, 4) is 0 Å². The van der Waals surface area contributed by atoms with E-state index in [1.165, 1.54) is 231 Å². The number of likely N-dealkylation sites (N-methyl/N-ethyl adjacent to an activating group) is 1. The van der Waals surface area contributed by atoms with Crippen molar-refractivity contribution < 1.29 is 32.9 Å². The second-order valence-corrected chi connectivity index (χ2v) is 22.4. The van der Waals surface area contributed by atoms with E-state index in [2.05, 4.69) is 19.2 Å². The third-order valence-electron chi connectivity index (χ3n) is 13.3. The van der Waals surface area contributed by atoms with Crippen molar-refractivity contribution in [1.82, 2.24) is 5.32 Å². The first kappa shape index (κ1) is 63.5. The van der Waals surface area contributed by atoms with Crippen molar-refractivity contribution in [2.45, 2.75) is 309 Å². The molecule has 64 heavy (non-hydrogen) atoms. The summed E-state index contributed by atoms with van der Waals surface area (Å²) in [5.41, 5.74) is 0. The van der Waals surface area contributed by atoms with Gasteiger partial charge in [-0.2, -0.15) is 0 Å². The molecule has 384 valence electrons. The van der Waals surface area contributed by atoms with Gasteiger partial charge < -0.3 is 28.8 Å². The summed E-state index contributed by atoms with van der Waals surface area (Å²) in [5.74, 6) is -0.163. The van der Waals surface area contributed by atoms with Crippen molar-refractivity contribution in [1.29, 1.82) is 0 Å². The molecule has 0 saturated carbocycles. The van der Waals surface area contributed by atoms with Gasteiger partial charge in [0.2, 0.25) is 5.91 Å². The number of nitrogens with one attached hydrogen (secondary N) is 1. The lowest BCUT2D eigenvalue weighted by Gasteiger charge is -2.30. The second-order valence-electron chi connectivity index (χ2n) is 21.0. The standard InChI is InChI=1S/C55H113N2O6P/c1-6-8-10-12-14-15-16-17-18-19-20-21-22-23-24-25-26-27-28-29-30-31-32-33-34-35-36-37-38-39-40-41-42-43-45-47-49-55(59)56-53(54(58)48-46-44-13-11-9-7-2)52-63-64(60,61)62-51-50-57(3,4)5/h53-54,58H,6-52H2,1-5H3,(H-,56,59,60,61). The minimum absolute atomic E-state index is 0.0153. The molecule has 0 aromatic heterocycles. The molecule has 9 heteroatoms. The van der Waals surface area contributed by atoms with E-state index < -0.39 is 20.0 Å². The summed E-state index contributed by atoms with van der Waals surface area (Å²) < 4.78 is 23.2. The first-order valence-corrected chi connectivity index (χ1v) is 29.8. The van der Waals surface area contributed by atoms with Crippen LogP contribution in [0.1, 0.15) is 296 Å². The molecule has 0 aliphatic carbocycles. The van der Waals surface area contributed by atoms with Crippen LogP contribution >= 0.6 is 7.82 Å². The van der Waals surface area contributed by atoms with Gasteiger partial charge in [0.05, 0.1) is 39.9 Å². The summed E-state index contributed by atoms with van der Waals surface area (Å²) in [6.45, 7) is 4.69. The van der Waals surface area contributed by atoms with Crippen LogP contribution in [-0.4, -0.2) is 68.5 Å². The SMILES string of the molecule is CCCCCCCCCCCCCCCCCCCCCCCCCCCCCCCCCCCCCCC(=O)NC(COP(=O)([O-])OCC[N+](C)(C)C)C(O)CCCCCCCC. The van der Waals surface area contributed by atoms with E-state index in [0.717, 1.165) is 38.5 Å². The third-order valence-corrected chi connectivity index (χ3v) is 14.3. The maximum absolute atomic E-state index is 12.8. The number of aliphatic hydroxyl groups excluding tert-OH is 1. The summed E-state index contributed by atoms with van der Waals surface area (Å²) in [6, 6.07) is -0.791. The Morgan fingerprint density at radius 3 is 1.06 bits per heavy atom. The molecule has 0 aliphatic heterocycles. The number of phosphoric acid groups is 1. The van der Waals surface area contributed by atoms with Gasteiger partial charge in [-0.1, -0.05) is 277 Å². The molecule has 3 unspecified atom stereocenters. The molecule has 0 aliphatic rings. The summed E-state index contributed by atoms with van der Waals surface area (Å²) in [6.07, 6.45) is 56.4. The number of carbonyl (C=O) groups excluding carboxylic acids is 1. The lowest BCUT2D eigenvalue weighted by Crippen LogP contribution is -2.46. The summed E-state index contributed by atoms with van der Waals surface area (Å²) in [4.78, 5) is 25.2. The van der Waals surface area contributed by atoms with Gasteiger partial charge in [0, 0.05) is 6.42 Å². The zero-order valence-electron chi connectivity index (χ0n) is 43.8. The Balaban J connectivity index is 3.69. The van der Waals surface area contributed by atoms with Crippen molar-refractivity contribution in [3.05, 3.63) is 0 Å².